The van der Waals surface area contributed by atoms with Crippen LogP contribution in [-0.4, -0.2) is 46.0 Å². The van der Waals surface area contributed by atoms with Crippen LogP contribution in [0.4, 0.5) is 0 Å². The minimum absolute atomic E-state index is 0.0781. The Labute approximate surface area is 151 Å². The first kappa shape index (κ1) is 18.1. The molecule has 0 spiro atoms. The lowest BCUT2D eigenvalue weighted by Gasteiger charge is -2.31. The van der Waals surface area contributed by atoms with Crippen molar-refractivity contribution in [3.63, 3.8) is 0 Å². The average Bonchev–Trinajstić information content (AvgIpc) is 2.64. The fourth-order valence-electron chi connectivity index (χ4n) is 3.29. The molecule has 0 bridgehead atoms. The number of aryl methyl sites for hydroxylation is 1. The summed E-state index contributed by atoms with van der Waals surface area (Å²) in [6.45, 7) is 4.86. The maximum absolute atomic E-state index is 12.6. The predicted molar refractivity (Wildman–Crippen MR) is 96.7 cm³/mol. The van der Waals surface area contributed by atoms with E-state index < -0.39 is 0 Å². The first-order valence-electron chi connectivity index (χ1n) is 8.89. The van der Waals surface area contributed by atoms with E-state index in [1.54, 1.807) is 24.0 Å². The van der Waals surface area contributed by atoms with Gasteiger partial charge in [0, 0.05) is 13.1 Å². The summed E-state index contributed by atoms with van der Waals surface area (Å²) in [5, 5.41) is 0.503. The molecule has 7 nitrogen and oxygen atoms in total. The maximum atomic E-state index is 12.6. The minimum atomic E-state index is -0.290. The topological polar surface area (TPSA) is 81.5 Å². The van der Waals surface area contributed by atoms with Gasteiger partial charge in [0.15, 0.2) is 0 Å². The third-order valence-electron chi connectivity index (χ3n) is 4.68. The lowest BCUT2D eigenvalue weighted by atomic mass is 9.98. The number of hydrogen-bond donors (Lipinski definition) is 0. The van der Waals surface area contributed by atoms with Gasteiger partial charge in [-0.1, -0.05) is 11.6 Å². The van der Waals surface area contributed by atoms with E-state index in [4.69, 9.17) is 4.74 Å². The molecule has 1 saturated heterocycles. The highest BCUT2D eigenvalue weighted by atomic mass is 16.5. The van der Waals surface area contributed by atoms with Crippen LogP contribution in [0.2, 0.25) is 0 Å². The van der Waals surface area contributed by atoms with Gasteiger partial charge in [-0.05, 0) is 38.8 Å². The summed E-state index contributed by atoms with van der Waals surface area (Å²) in [6.07, 6.45) is 2.88. The molecule has 0 radical (unpaired) electrons. The summed E-state index contributed by atoms with van der Waals surface area (Å²) in [7, 11) is 0. The Balaban J connectivity index is 1.75. The Morgan fingerprint density at radius 2 is 2.15 bits per heavy atom. The van der Waals surface area contributed by atoms with E-state index in [0.29, 0.717) is 30.6 Å². The van der Waals surface area contributed by atoms with Gasteiger partial charge in [-0.2, -0.15) is 0 Å². The highest BCUT2D eigenvalue weighted by Gasteiger charge is 2.29. The quantitative estimate of drug-likeness (QED) is 0.775. The molecule has 0 saturated carbocycles. The van der Waals surface area contributed by atoms with Crippen molar-refractivity contribution >= 4 is 22.8 Å². The molecular formula is C19H23N3O4. The van der Waals surface area contributed by atoms with Gasteiger partial charge >= 0.3 is 5.97 Å². The molecule has 1 aromatic carbocycles. The van der Waals surface area contributed by atoms with Gasteiger partial charge in [0.05, 0.1) is 29.8 Å². The Bertz CT molecular complexity index is 890. The molecule has 1 aromatic heterocycles. The zero-order valence-corrected chi connectivity index (χ0v) is 15.1. The van der Waals surface area contributed by atoms with Gasteiger partial charge in [0.2, 0.25) is 5.91 Å². The van der Waals surface area contributed by atoms with Crippen molar-refractivity contribution in [1.82, 2.24) is 14.5 Å². The number of benzene rings is 1. The Morgan fingerprint density at radius 1 is 1.35 bits per heavy atom. The lowest BCUT2D eigenvalue weighted by molar-refractivity contribution is -0.151. The Kier molecular flexibility index (Phi) is 5.35. The van der Waals surface area contributed by atoms with E-state index in [0.717, 1.165) is 18.4 Å². The third-order valence-corrected chi connectivity index (χ3v) is 4.68. The number of carbonyl (C=O) groups excluding carboxylic acids is 2. The highest BCUT2D eigenvalue weighted by molar-refractivity contribution is 5.80. The van der Waals surface area contributed by atoms with Crippen molar-refractivity contribution in [3.05, 3.63) is 40.4 Å². The molecule has 2 heterocycles. The number of fused-ring (bicyclic) bond motifs is 1. The molecular weight excluding hydrogens is 334 g/mol. The van der Waals surface area contributed by atoms with Crippen LogP contribution in [0.3, 0.4) is 0 Å². The molecule has 3 rings (SSSR count). The Hall–Kier alpha value is -2.70. The number of piperidine rings is 1. The van der Waals surface area contributed by atoms with E-state index in [2.05, 4.69) is 4.98 Å². The van der Waals surface area contributed by atoms with Crippen molar-refractivity contribution in [2.45, 2.75) is 33.2 Å². The van der Waals surface area contributed by atoms with Crippen LogP contribution in [-0.2, 0) is 20.9 Å². The second-order valence-electron chi connectivity index (χ2n) is 6.63. The largest absolute Gasteiger partial charge is 0.466 e. The molecule has 1 aliphatic rings. The third kappa shape index (κ3) is 3.76. The minimum Gasteiger partial charge on any atom is -0.466 e. The van der Waals surface area contributed by atoms with Crippen molar-refractivity contribution in [3.8, 4) is 0 Å². The second kappa shape index (κ2) is 7.68. The average molecular weight is 357 g/mol. The maximum Gasteiger partial charge on any atom is 0.310 e. The van der Waals surface area contributed by atoms with E-state index in [1.165, 1.54) is 10.9 Å². The number of hydrogen-bond acceptors (Lipinski definition) is 5. The number of rotatable bonds is 4. The number of likely N-dealkylation sites (tertiary alicyclic amines) is 1. The second-order valence-corrected chi connectivity index (χ2v) is 6.63. The first-order valence-corrected chi connectivity index (χ1v) is 8.89. The standard InChI is InChI=1S/C19H23N3O4/c1-3-26-19(25)14-5-4-8-21(10-14)17(23)11-22-12-20-16-7-6-13(2)9-15(16)18(22)24/h6-7,9,12,14H,3-5,8,10-11H2,1-2H3. The normalized spacial score (nSPS) is 17.3. The molecule has 7 heteroatoms. The number of amides is 1. The van der Waals surface area contributed by atoms with E-state index in [9.17, 15) is 14.4 Å². The van der Waals surface area contributed by atoms with Crippen LogP contribution >= 0.6 is 0 Å². The van der Waals surface area contributed by atoms with Gasteiger partial charge in [-0.25, -0.2) is 4.98 Å². The van der Waals surface area contributed by atoms with Gasteiger partial charge in [0.1, 0.15) is 6.54 Å². The summed E-state index contributed by atoms with van der Waals surface area (Å²) in [4.78, 5) is 43.1. The molecule has 138 valence electrons. The molecule has 0 aliphatic carbocycles. The number of ether oxygens (including phenoxy) is 1. The molecule has 0 N–H and O–H groups in total. The lowest BCUT2D eigenvalue weighted by Crippen LogP contribution is -2.45. The smallest absolute Gasteiger partial charge is 0.310 e. The van der Waals surface area contributed by atoms with Crippen LogP contribution in [0.5, 0.6) is 0 Å². The monoisotopic (exact) mass is 357 g/mol. The molecule has 1 unspecified atom stereocenters. The van der Waals surface area contributed by atoms with Crippen LogP contribution < -0.4 is 5.56 Å². The molecule has 1 amide bonds. The number of nitrogens with zero attached hydrogens (tertiary/aromatic N) is 3. The van der Waals surface area contributed by atoms with E-state index in [-0.39, 0.29) is 29.9 Å². The highest BCUT2D eigenvalue weighted by Crippen LogP contribution is 2.18. The van der Waals surface area contributed by atoms with Crippen LogP contribution in [0.15, 0.2) is 29.3 Å². The molecule has 26 heavy (non-hydrogen) atoms. The van der Waals surface area contributed by atoms with Gasteiger partial charge in [-0.3, -0.25) is 19.0 Å². The van der Waals surface area contributed by atoms with Crippen molar-refractivity contribution in [1.29, 1.82) is 0 Å². The summed E-state index contributed by atoms with van der Waals surface area (Å²) < 4.78 is 6.40. The number of carbonyl (C=O) groups is 2. The van der Waals surface area contributed by atoms with E-state index in [1.807, 2.05) is 13.0 Å². The van der Waals surface area contributed by atoms with Gasteiger partial charge in [0.25, 0.3) is 5.56 Å². The molecule has 1 fully saturated rings. The number of esters is 1. The summed E-state index contributed by atoms with van der Waals surface area (Å²) in [6, 6.07) is 5.48. The number of aromatic nitrogens is 2. The molecule has 1 aliphatic heterocycles. The van der Waals surface area contributed by atoms with E-state index >= 15 is 0 Å². The zero-order valence-electron chi connectivity index (χ0n) is 15.1. The van der Waals surface area contributed by atoms with Crippen LogP contribution in [0.25, 0.3) is 10.9 Å². The fourth-order valence-corrected chi connectivity index (χ4v) is 3.29. The first-order chi connectivity index (χ1) is 12.5. The van der Waals surface area contributed by atoms with Gasteiger partial charge < -0.3 is 9.64 Å². The van der Waals surface area contributed by atoms with Gasteiger partial charge in [-0.15, -0.1) is 0 Å². The fraction of sp³-hybridized carbons (Fsp3) is 0.474. The van der Waals surface area contributed by atoms with Crippen molar-refractivity contribution in [2.24, 2.45) is 5.92 Å². The zero-order chi connectivity index (χ0) is 18.7. The molecule has 1 atom stereocenters. The summed E-state index contributed by atoms with van der Waals surface area (Å²) in [5.74, 6) is -0.735. The summed E-state index contributed by atoms with van der Waals surface area (Å²) >= 11 is 0. The predicted octanol–water partition coefficient (Wildman–Crippen LogP) is 1.51. The van der Waals surface area contributed by atoms with Crippen molar-refractivity contribution < 1.29 is 14.3 Å². The summed E-state index contributed by atoms with van der Waals surface area (Å²) in [5.41, 5.74) is 1.35. The molecule has 2 aromatic rings. The van der Waals surface area contributed by atoms with Crippen LogP contribution in [0, 0.1) is 12.8 Å². The van der Waals surface area contributed by atoms with Crippen molar-refractivity contribution in [2.75, 3.05) is 19.7 Å². The van der Waals surface area contributed by atoms with Crippen LogP contribution in [0.1, 0.15) is 25.3 Å². The SMILES string of the molecule is CCOC(=O)C1CCCN(C(=O)Cn2cnc3ccc(C)cc3c2=O)C1. The Morgan fingerprint density at radius 3 is 2.92 bits per heavy atom.